The third kappa shape index (κ3) is 3.79. The maximum Gasteiger partial charge on any atom is 0.241 e. The number of hydrogen-bond donors (Lipinski definition) is 0. The second-order valence-corrected chi connectivity index (χ2v) is 6.67. The predicted molar refractivity (Wildman–Crippen MR) is 82.2 cm³/mol. The van der Waals surface area contributed by atoms with Crippen molar-refractivity contribution in [1.29, 1.82) is 0 Å². The van der Waals surface area contributed by atoms with Crippen molar-refractivity contribution in [2.45, 2.75) is 19.4 Å². The minimum Gasteiger partial charge on any atom is -0.347 e. The molecule has 2 heterocycles. The van der Waals surface area contributed by atoms with Crippen LogP contribution in [-0.2, 0) is 16.0 Å². The van der Waals surface area contributed by atoms with Gasteiger partial charge in [-0.3, -0.25) is 14.5 Å². The molecule has 2 rings (SSSR count). The Morgan fingerprint density at radius 2 is 2.14 bits per heavy atom. The third-order valence-corrected chi connectivity index (χ3v) is 4.55. The number of likely N-dealkylation sites (N-methyl/N-ethyl adjacent to an activating group) is 2. The standard InChI is InChI=1S/C14H22N4O2S/c1-10-15-11(9-21-10)7-13(19)18-6-5-17(4)12(8-18)14(20)16(2)3/h9,12H,5-8H2,1-4H3/t12-/m1/s1. The highest BCUT2D eigenvalue weighted by atomic mass is 32.1. The van der Waals surface area contributed by atoms with E-state index in [1.807, 2.05) is 24.3 Å². The van der Waals surface area contributed by atoms with Gasteiger partial charge in [-0.05, 0) is 14.0 Å². The lowest BCUT2D eigenvalue weighted by Crippen LogP contribution is -2.58. The molecule has 1 aliphatic heterocycles. The van der Waals surface area contributed by atoms with Crippen LogP contribution in [0.1, 0.15) is 10.7 Å². The second-order valence-electron chi connectivity index (χ2n) is 5.60. The van der Waals surface area contributed by atoms with Gasteiger partial charge in [-0.25, -0.2) is 4.98 Å². The van der Waals surface area contributed by atoms with E-state index in [2.05, 4.69) is 4.98 Å². The van der Waals surface area contributed by atoms with Crippen molar-refractivity contribution in [2.24, 2.45) is 0 Å². The first-order valence-corrected chi connectivity index (χ1v) is 7.86. The molecule has 7 heteroatoms. The fourth-order valence-corrected chi connectivity index (χ4v) is 3.03. The number of thiazole rings is 1. The summed E-state index contributed by atoms with van der Waals surface area (Å²) in [7, 11) is 5.42. The first-order chi connectivity index (χ1) is 9.88. The van der Waals surface area contributed by atoms with Crippen LogP contribution in [0.3, 0.4) is 0 Å². The van der Waals surface area contributed by atoms with Gasteiger partial charge in [0.15, 0.2) is 0 Å². The van der Waals surface area contributed by atoms with Gasteiger partial charge >= 0.3 is 0 Å². The van der Waals surface area contributed by atoms with E-state index in [0.717, 1.165) is 10.7 Å². The molecule has 0 aliphatic carbocycles. The molecule has 2 amide bonds. The van der Waals surface area contributed by atoms with Gasteiger partial charge in [0.25, 0.3) is 0 Å². The number of carbonyl (C=O) groups excluding carboxylic acids is 2. The SMILES string of the molecule is Cc1nc(CC(=O)N2CCN(C)[C@@H](C(=O)N(C)C)C2)cs1. The molecule has 1 saturated heterocycles. The fraction of sp³-hybridized carbons (Fsp3) is 0.643. The topological polar surface area (TPSA) is 56.8 Å². The molecule has 1 aromatic rings. The number of aromatic nitrogens is 1. The van der Waals surface area contributed by atoms with Crippen molar-refractivity contribution in [3.05, 3.63) is 16.1 Å². The first kappa shape index (κ1) is 15.9. The summed E-state index contributed by atoms with van der Waals surface area (Å²) in [4.78, 5) is 34.2. The third-order valence-electron chi connectivity index (χ3n) is 3.73. The molecule has 1 atom stereocenters. The Hall–Kier alpha value is -1.47. The zero-order valence-corrected chi connectivity index (χ0v) is 13.8. The van der Waals surface area contributed by atoms with E-state index >= 15 is 0 Å². The Bertz CT molecular complexity index is 529. The molecule has 0 bridgehead atoms. The monoisotopic (exact) mass is 310 g/mol. The quantitative estimate of drug-likeness (QED) is 0.802. The van der Waals surface area contributed by atoms with Crippen LogP contribution in [0.2, 0.25) is 0 Å². The van der Waals surface area contributed by atoms with Crippen LogP contribution in [0.25, 0.3) is 0 Å². The molecule has 0 spiro atoms. The predicted octanol–water partition coefficient (Wildman–Crippen LogP) is 0.225. The lowest BCUT2D eigenvalue weighted by atomic mass is 10.1. The number of aryl methyl sites for hydroxylation is 1. The van der Waals surface area contributed by atoms with E-state index in [4.69, 9.17) is 0 Å². The number of hydrogen-bond acceptors (Lipinski definition) is 5. The number of rotatable bonds is 3. The molecule has 0 unspecified atom stereocenters. The molecular formula is C14H22N4O2S. The molecule has 0 saturated carbocycles. The van der Waals surface area contributed by atoms with E-state index in [0.29, 0.717) is 26.1 Å². The number of carbonyl (C=O) groups is 2. The van der Waals surface area contributed by atoms with Crippen molar-refractivity contribution < 1.29 is 9.59 Å². The average molecular weight is 310 g/mol. The van der Waals surface area contributed by atoms with Crippen LogP contribution in [0.15, 0.2) is 5.38 Å². The van der Waals surface area contributed by atoms with Gasteiger partial charge in [-0.1, -0.05) is 0 Å². The van der Waals surface area contributed by atoms with Crippen molar-refractivity contribution in [2.75, 3.05) is 40.8 Å². The van der Waals surface area contributed by atoms with Crippen molar-refractivity contribution >= 4 is 23.2 Å². The van der Waals surface area contributed by atoms with Crippen molar-refractivity contribution in [3.8, 4) is 0 Å². The van der Waals surface area contributed by atoms with Crippen LogP contribution in [-0.4, -0.2) is 78.3 Å². The van der Waals surface area contributed by atoms with Gasteiger partial charge in [0.05, 0.1) is 17.1 Å². The molecule has 6 nitrogen and oxygen atoms in total. The van der Waals surface area contributed by atoms with Crippen LogP contribution in [0.5, 0.6) is 0 Å². The Morgan fingerprint density at radius 1 is 1.43 bits per heavy atom. The van der Waals surface area contributed by atoms with Crippen LogP contribution in [0.4, 0.5) is 0 Å². The number of piperazine rings is 1. The minimum absolute atomic E-state index is 0.0412. The summed E-state index contributed by atoms with van der Waals surface area (Å²) in [6.07, 6.45) is 0.316. The average Bonchev–Trinajstić information content (AvgIpc) is 2.83. The molecular weight excluding hydrogens is 288 g/mol. The highest BCUT2D eigenvalue weighted by Gasteiger charge is 2.33. The van der Waals surface area contributed by atoms with Gasteiger partial charge in [-0.15, -0.1) is 11.3 Å². The van der Waals surface area contributed by atoms with Gasteiger partial charge in [0.1, 0.15) is 6.04 Å². The van der Waals surface area contributed by atoms with Crippen LogP contribution >= 0.6 is 11.3 Å². The summed E-state index contributed by atoms with van der Waals surface area (Å²) in [6, 6.07) is -0.255. The molecule has 116 valence electrons. The lowest BCUT2D eigenvalue weighted by Gasteiger charge is -2.39. The van der Waals surface area contributed by atoms with Gasteiger partial charge in [0, 0.05) is 39.1 Å². The number of nitrogens with zero attached hydrogens (tertiary/aromatic N) is 4. The molecule has 1 fully saturated rings. The van der Waals surface area contributed by atoms with Gasteiger partial charge in [-0.2, -0.15) is 0 Å². The molecule has 1 aliphatic rings. The maximum atomic E-state index is 12.4. The smallest absolute Gasteiger partial charge is 0.241 e. The van der Waals surface area contributed by atoms with Gasteiger partial charge < -0.3 is 9.80 Å². The van der Waals surface area contributed by atoms with Crippen molar-refractivity contribution in [3.63, 3.8) is 0 Å². The van der Waals surface area contributed by atoms with E-state index in [1.165, 1.54) is 0 Å². The lowest BCUT2D eigenvalue weighted by molar-refractivity contribution is -0.141. The maximum absolute atomic E-state index is 12.4. The molecule has 1 aromatic heterocycles. The normalized spacial score (nSPS) is 19.6. The second kappa shape index (κ2) is 6.53. The Kier molecular flexibility index (Phi) is 4.95. The zero-order valence-electron chi connectivity index (χ0n) is 13.0. The van der Waals surface area contributed by atoms with E-state index < -0.39 is 0 Å². The van der Waals surface area contributed by atoms with E-state index in [1.54, 1.807) is 35.2 Å². The summed E-state index contributed by atoms with van der Waals surface area (Å²) in [6.45, 7) is 3.76. The summed E-state index contributed by atoms with van der Waals surface area (Å²) in [5, 5.41) is 2.89. The first-order valence-electron chi connectivity index (χ1n) is 6.98. The van der Waals surface area contributed by atoms with Crippen LogP contribution < -0.4 is 0 Å². The summed E-state index contributed by atoms with van der Waals surface area (Å²) >= 11 is 1.55. The Labute approximate surface area is 129 Å². The fourth-order valence-electron chi connectivity index (χ4n) is 2.42. The van der Waals surface area contributed by atoms with Crippen molar-refractivity contribution in [1.82, 2.24) is 19.7 Å². The van der Waals surface area contributed by atoms with Crippen LogP contribution in [0, 0.1) is 6.92 Å². The Balaban J connectivity index is 2.00. The zero-order chi connectivity index (χ0) is 15.6. The van der Waals surface area contributed by atoms with Gasteiger partial charge in [0.2, 0.25) is 11.8 Å². The molecule has 0 aromatic carbocycles. The summed E-state index contributed by atoms with van der Waals surface area (Å²) in [5.41, 5.74) is 0.817. The number of amides is 2. The molecule has 0 radical (unpaired) electrons. The largest absolute Gasteiger partial charge is 0.347 e. The molecule has 0 N–H and O–H groups in total. The summed E-state index contributed by atoms with van der Waals surface area (Å²) in [5.74, 6) is 0.0875. The minimum atomic E-state index is -0.255. The highest BCUT2D eigenvalue weighted by molar-refractivity contribution is 7.09. The summed E-state index contributed by atoms with van der Waals surface area (Å²) < 4.78 is 0. The van der Waals surface area contributed by atoms with E-state index in [9.17, 15) is 9.59 Å². The molecule has 21 heavy (non-hydrogen) atoms. The highest BCUT2D eigenvalue weighted by Crippen LogP contribution is 2.13. The van der Waals surface area contributed by atoms with E-state index in [-0.39, 0.29) is 17.9 Å². The Morgan fingerprint density at radius 3 is 2.71 bits per heavy atom.